The van der Waals surface area contributed by atoms with Gasteiger partial charge in [-0.25, -0.2) is 19.2 Å². The van der Waals surface area contributed by atoms with Crippen LogP contribution in [-0.4, -0.2) is 95.3 Å². The minimum atomic E-state index is -0.677. The van der Waals surface area contributed by atoms with E-state index in [9.17, 15) is 19.2 Å². The molecule has 0 heterocycles. The molecule has 0 N–H and O–H groups in total. The predicted octanol–water partition coefficient (Wildman–Crippen LogP) is 6.72. The summed E-state index contributed by atoms with van der Waals surface area (Å²) in [7, 11) is 3.11. The highest BCUT2D eigenvalue weighted by atomic mass is 32.2. The molecule has 2 amide bonds. The van der Waals surface area contributed by atoms with Gasteiger partial charge >= 0.3 is 24.1 Å². The maximum atomic E-state index is 12.3. The van der Waals surface area contributed by atoms with Crippen LogP contribution in [0.25, 0.3) is 0 Å². The SMILES string of the molecule is CSC[C@@H](C(=O)OCc1ccccc1)N(C)C(=O)OC(C)(C)C.CSC[C@@H](C(=O)OCc1ccccc1)N(C)C(=O)OC(C)(C)C.O=O. The summed E-state index contributed by atoms with van der Waals surface area (Å²) >= 11 is 2.95. The number of ether oxygens (including phenoxy) is 4. The zero-order valence-corrected chi connectivity index (χ0v) is 31.2. The molecule has 0 aliphatic carbocycles. The normalized spacial score (nSPS) is 12.0. The molecule has 2 aromatic rings. The molecule has 2 rings (SSSR count). The number of thioether (sulfide) groups is 2. The van der Waals surface area contributed by atoms with Gasteiger partial charge in [-0.15, -0.1) is 0 Å². The maximum absolute atomic E-state index is 12.3. The van der Waals surface area contributed by atoms with Crippen molar-refractivity contribution in [3.05, 3.63) is 81.7 Å². The molecule has 0 radical (unpaired) electrons. The Morgan fingerprint density at radius 1 is 0.604 bits per heavy atom. The topological polar surface area (TPSA) is 146 Å². The minimum Gasteiger partial charge on any atom is -0.459 e. The number of likely N-dealkylation sites (N-methyl/N-ethyl adjacent to an activating group) is 2. The highest BCUT2D eigenvalue weighted by molar-refractivity contribution is 7.98. The van der Waals surface area contributed by atoms with Gasteiger partial charge in [-0.1, -0.05) is 60.7 Å². The summed E-state index contributed by atoms with van der Waals surface area (Å²) in [6.07, 6.45) is 2.68. The van der Waals surface area contributed by atoms with Crippen LogP contribution < -0.4 is 0 Å². The predicted molar refractivity (Wildman–Crippen MR) is 192 cm³/mol. The average molecular weight is 711 g/mol. The third-order valence-corrected chi connectivity index (χ3v) is 7.24. The summed E-state index contributed by atoms with van der Waals surface area (Å²) in [4.78, 5) is 65.5. The van der Waals surface area contributed by atoms with Crippen molar-refractivity contribution < 1.29 is 38.1 Å². The maximum Gasteiger partial charge on any atom is 0.410 e. The van der Waals surface area contributed by atoms with Crippen LogP contribution in [-0.2, 0) is 41.8 Å². The summed E-state index contributed by atoms with van der Waals surface area (Å²) in [6.45, 7) is 11.1. The summed E-state index contributed by atoms with van der Waals surface area (Å²) < 4.78 is 21.3. The molecule has 0 aliphatic rings. The van der Waals surface area contributed by atoms with Crippen LogP contribution >= 0.6 is 23.5 Å². The monoisotopic (exact) mass is 710 g/mol. The highest BCUT2D eigenvalue weighted by Crippen LogP contribution is 2.16. The quantitative estimate of drug-likeness (QED) is 0.170. The van der Waals surface area contributed by atoms with Gasteiger partial charge in [0.25, 0.3) is 0 Å². The number of benzene rings is 2. The summed E-state index contributed by atoms with van der Waals surface area (Å²) in [6, 6.07) is 17.5. The Hall–Kier alpha value is -3.78. The molecule has 268 valence electrons. The van der Waals surface area contributed by atoms with Gasteiger partial charge in [0.2, 0.25) is 0 Å². The van der Waals surface area contributed by atoms with Crippen molar-refractivity contribution >= 4 is 47.6 Å². The van der Waals surface area contributed by atoms with E-state index in [2.05, 4.69) is 0 Å². The van der Waals surface area contributed by atoms with Crippen LogP contribution in [0.2, 0.25) is 0 Å². The molecule has 0 spiro atoms. The molecule has 14 heteroatoms. The first kappa shape index (κ1) is 44.2. The van der Waals surface area contributed by atoms with Crippen molar-refractivity contribution in [2.24, 2.45) is 0 Å². The van der Waals surface area contributed by atoms with Crippen molar-refractivity contribution in [3.63, 3.8) is 0 Å². The molecule has 0 bridgehead atoms. The van der Waals surface area contributed by atoms with Gasteiger partial charge < -0.3 is 18.9 Å². The van der Waals surface area contributed by atoms with Crippen molar-refractivity contribution in [1.29, 1.82) is 0 Å². The van der Waals surface area contributed by atoms with Crippen molar-refractivity contribution in [1.82, 2.24) is 9.80 Å². The summed E-state index contributed by atoms with van der Waals surface area (Å²) in [5.74, 6) is 0.0281. The second-order valence-corrected chi connectivity index (χ2v) is 14.1. The zero-order chi connectivity index (χ0) is 36.9. The number of carbonyl (C=O) groups excluding carboxylic acids is 4. The average Bonchev–Trinajstić information content (AvgIpc) is 3.04. The molecule has 2 aromatic carbocycles. The van der Waals surface area contributed by atoms with Crippen LogP contribution in [0, 0.1) is 9.93 Å². The van der Waals surface area contributed by atoms with Gasteiger partial charge in [-0.05, 0) is 65.2 Å². The number of rotatable bonds is 12. The van der Waals surface area contributed by atoms with Gasteiger partial charge in [0.1, 0.15) is 36.5 Å². The number of esters is 2. The second-order valence-electron chi connectivity index (χ2n) is 12.3. The smallest absolute Gasteiger partial charge is 0.410 e. The van der Waals surface area contributed by atoms with Crippen molar-refractivity contribution in [2.75, 3.05) is 38.1 Å². The molecule has 2 atom stereocenters. The second kappa shape index (κ2) is 22.7. The lowest BCUT2D eigenvalue weighted by Crippen LogP contribution is -2.46. The Balaban J connectivity index is 0.000000875. The molecule has 0 saturated carbocycles. The number of carbonyl (C=O) groups is 4. The van der Waals surface area contributed by atoms with E-state index in [-0.39, 0.29) is 13.2 Å². The van der Waals surface area contributed by atoms with Gasteiger partial charge in [0.15, 0.2) is 0 Å². The van der Waals surface area contributed by atoms with Gasteiger partial charge in [-0.3, -0.25) is 9.80 Å². The third kappa shape index (κ3) is 18.5. The fourth-order valence-electron chi connectivity index (χ4n) is 3.56. The first-order valence-electron chi connectivity index (χ1n) is 15.0. The van der Waals surface area contributed by atoms with Gasteiger partial charge in [0, 0.05) is 35.5 Å². The number of nitrogens with zero attached hydrogens (tertiary/aromatic N) is 2. The minimum absolute atomic E-state index is 0.187. The largest absolute Gasteiger partial charge is 0.459 e. The Labute approximate surface area is 292 Å². The van der Waals surface area contributed by atoms with E-state index in [0.717, 1.165) is 11.1 Å². The zero-order valence-electron chi connectivity index (χ0n) is 29.6. The Morgan fingerprint density at radius 3 is 1.15 bits per heavy atom. The molecule has 48 heavy (non-hydrogen) atoms. The highest BCUT2D eigenvalue weighted by Gasteiger charge is 2.32. The van der Waals surface area contributed by atoms with E-state index >= 15 is 0 Å². The Kier molecular flexibility index (Phi) is 20.9. The first-order valence-corrected chi connectivity index (χ1v) is 17.7. The number of hydrogen-bond acceptors (Lipinski definition) is 12. The molecule has 0 aliphatic heterocycles. The molecule has 12 nitrogen and oxygen atoms in total. The van der Waals surface area contributed by atoms with E-state index in [1.165, 1.54) is 33.3 Å². The van der Waals surface area contributed by atoms with Crippen molar-refractivity contribution in [2.45, 2.75) is 78.0 Å². The van der Waals surface area contributed by atoms with Crippen LogP contribution in [0.15, 0.2) is 60.7 Å². The van der Waals surface area contributed by atoms with Crippen LogP contribution in [0.4, 0.5) is 9.59 Å². The first-order chi connectivity index (χ1) is 22.5. The van der Waals surface area contributed by atoms with Crippen molar-refractivity contribution in [3.8, 4) is 0 Å². The van der Waals surface area contributed by atoms with Crippen LogP contribution in [0.1, 0.15) is 52.7 Å². The number of amides is 2. The van der Waals surface area contributed by atoms with E-state index in [1.807, 2.05) is 73.2 Å². The summed E-state index contributed by atoms with van der Waals surface area (Å²) in [5.41, 5.74) is 0.596. The van der Waals surface area contributed by atoms with E-state index in [0.29, 0.717) is 11.5 Å². The molecule has 0 unspecified atom stereocenters. The van der Waals surface area contributed by atoms with E-state index in [1.54, 1.807) is 55.6 Å². The van der Waals surface area contributed by atoms with Gasteiger partial charge in [-0.2, -0.15) is 23.5 Å². The lowest BCUT2D eigenvalue weighted by molar-refractivity contribution is -0.150. The van der Waals surface area contributed by atoms with E-state index < -0.39 is 47.4 Å². The van der Waals surface area contributed by atoms with Gasteiger partial charge in [0.05, 0.1) is 0 Å². The van der Waals surface area contributed by atoms with Crippen LogP contribution in [0.5, 0.6) is 0 Å². The summed E-state index contributed by atoms with van der Waals surface area (Å²) in [5, 5.41) is 0. The molecular weight excluding hydrogens is 661 g/mol. The van der Waals surface area contributed by atoms with Crippen LogP contribution in [0.3, 0.4) is 0 Å². The Bertz CT molecular complexity index is 1140. The standard InChI is InChI=1S/2C17H25NO4S.O2/c2*1-17(2,3)22-16(20)18(4)14(12-23-5)15(19)21-11-13-9-7-6-8-10-13;1-2/h2*6-10,14H,11-12H2,1-5H3;/t2*14-;/m00./s1. The molecule has 0 fully saturated rings. The Morgan fingerprint density at radius 2 is 0.896 bits per heavy atom. The van der Waals surface area contributed by atoms with E-state index in [4.69, 9.17) is 28.9 Å². The fraction of sp³-hybridized carbons (Fsp3) is 0.529. The molecule has 0 aromatic heterocycles. The molecule has 0 saturated heterocycles. The lowest BCUT2D eigenvalue weighted by atomic mass is 10.2. The fourth-order valence-corrected chi connectivity index (χ4v) is 4.91. The molecular formula is C34H50N2O10S2. The third-order valence-electron chi connectivity index (χ3n) is 5.94. The lowest BCUT2D eigenvalue weighted by Gasteiger charge is -2.29. The number of hydrogen-bond donors (Lipinski definition) is 0.